The molecule has 2 rings (SSSR count). The Bertz CT molecular complexity index is 496. The first-order valence-electron chi connectivity index (χ1n) is 6.42. The van der Waals surface area contributed by atoms with Crippen LogP contribution in [0.3, 0.4) is 0 Å². The maximum absolute atomic E-state index is 13.1. The van der Waals surface area contributed by atoms with Crippen LogP contribution >= 0.6 is 0 Å². The molecule has 1 aliphatic rings. The van der Waals surface area contributed by atoms with E-state index in [0.717, 1.165) is 25.5 Å². The van der Waals surface area contributed by atoms with Crippen LogP contribution in [0.15, 0.2) is 12.3 Å². The van der Waals surface area contributed by atoms with E-state index in [1.165, 1.54) is 13.1 Å². The van der Waals surface area contributed by atoms with E-state index in [9.17, 15) is 18.0 Å². The Balaban J connectivity index is 2.29. The van der Waals surface area contributed by atoms with Crippen LogP contribution in [0.25, 0.3) is 0 Å². The molecule has 0 spiro atoms. The largest absolute Gasteiger partial charge is 0.416 e. The highest BCUT2D eigenvalue weighted by atomic mass is 19.4. The summed E-state index contributed by atoms with van der Waals surface area (Å²) in [6.07, 6.45) is -1.53. The molecule has 0 bridgehead atoms. The van der Waals surface area contributed by atoms with Gasteiger partial charge in [0, 0.05) is 31.3 Å². The molecule has 0 radical (unpaired) electrons. The number of carbonyl (C=O) groups is 1. The molecule has 20 heavy (non-hydrogen) atoms. The molecule has 7 heteroatoms. The average molecular weight is 287 g/mol. The van der Waals surface area contributed by atoms with Gasteiger partial charge in [-0.25, -0.2) is 0 Å². The number of hydrogen-bond donors (Lipinski definition) is 2. The first-order chi connectivity index (χ1) is 9.38. The third-order valence-electron chi connectivity index (χ3n) is 3.26. The van der Waals surface area contributed by atoms with Crippen molar-refractivity contribution in [2.75, 3.05) is 6.54 Å². The molecule has 110 valence electrons. The van der Waals surface area contributed by atoms with Gasteiger partial charge in [-0.15, -0.1) is 0 Å². The molecule has 1 aromatic rings. The Kier molecular flexibility index (Phi) is 4.27. The lowest BCUT2D eigenvalue weighted by Crippen LogP contribution is -2.23. The molecule has 0 aliphatic carbocycles. The van der Waals surface area contributed by atoms with Gasteiger partial charge in [0.2, 0.25) is 5.91 Å². The summed E-state index contributed by atoms with van der Waals surface area (Å²) in [5.41, 5.74) is -0.346. The number of amides is 1. The third-order valence-corrected chi connectivity index (χ3v) is 3.26. The van der Waals surface area contributed by atoms with Gasteiger partial charge in [-0.2, -0.15) is 13.2 Å². The van der Waals surface area contributed by atoms with Crippen LogP contribution in [0.1, 0.15) is 42.6 Å². The molecule has 2 heterocycles. The molecule has 1 aromatic heterocycles. The minimum Gasteiger partial charge on any atom is -0.352 e. The van der Waals surface area contributed by atoms with Crippen molar-refractivity contribution in [2.45, 2.75) is 38.5 Å². The minimum atomic E-state index is -4.45. The van der Waals surface area contributed by atoms with Gasteiger partial charge >= 0.3 is 6.18 Å². The molecule has 1 aliphatic heterocycles. The molecule has 4 nitrogen and oxygen atoms in total. The predicted octanol–water partition coefficient (Wildman–Crippen LogP) is 2.16. The lowest BCUT2D eigenvalue weighted by atomic mass is 10.0. The Morgan fingerprint density at radius 1 is 1.55 bits per heavy atom. The van der Waals surface area contributed by atoms with E-state index in [2.05, 4.69) is 15.6 Å². The van der Waals surface area contributed by atoms with Crippen LogP contribution in [0, 0.1) is 0 Å². The van der Waals surface area contributed by atoms with Crippen molar-refractivity contribution >= 4 is 5.91 Å². The summed E-state index contributed by atoms with van der Waals surface area (Å²) in [4.78, 5) is 14.9. The predicted molar refractivity (Wildman–Crippen MR) is 66.7 cm³/mol. The van der Waals surface area contributed by atoms with Crippen molar-refractivity contribution < 1.29 is 18.0 Å². The van der Waals surface area contributed by atoms with Gasteiger partial charge in [0.05, 0.1) is 11.3 Å². The van der Waals surface area contributed by atoms with Gasteiger partial charge in [-0.05, 0) is 25.5 Å². The molecule has 1 atom stereocenters. The van der Waals surface area contributed by atoms with E-state index in [0.29, 0.717) is 5.69 Å². The van der Waals surface area contributed by atoms with Crippen LogP contribution in [0.5, 0.6) is 0 Å². The average Bonchev–Trinajstić information content (AvgIpc) is 2.88. The van der Waals surface area contributed by atoms with E-state index >= 15 is 0 Å². The normalized spacial score (nSPS) is 19.1. The van der Waals surface area contributed by atoms with Gasteiger partial charge in [-0.1, -0.05) is 0 Å². The molecule has 2 N–H and O–H groups in total. The van der Waals surface area contributed by atoms with Crippen molar-refractivity contribution in [1.82, 2.24) is 15.6 Å². The van der Waals surface area contributed by atoms with E-state index in [4.69, 9.17) is 0 Å². The zero-order valence-electron chi connectivity index (χ0n) is 11.0. The second-order valence-corrected chi connectivity index (χ2v) is 4.82. The smallest absolute Gasteiger partial charge is 0.352 e. The number of hydrogen-bond acceptors (Lipinski definition) is 3. The van der Waals surface area contributed by atoms with Gasteiger partial charge in [0.15, 0.2) is 0 Å². The fourth-order valence-electron chi connectivity index (χ4n) is 2.25. The van der Waals surface area contributed by atoms with Crippen molar-refractivity contribution in [3.63, 3.8) is 0 Å². The quantitative estimate of drug-likeness (QED) is 0.895. The number of aromatic nitrogens is 1. The van der Waals surface area contributed by atoms with Crippen LogP contribution in [0.4, 0.5) is 13.2 Å². The number of nitrogens with zero attached hydrogens (tertiary/aromatic N) is 1. The zero-order valence-corrected chi connectivity index (χ0v) is 11.0. The first kappa shape index (κ1) is 14.8. The second kappa shape index (κ2) is 5.78. The minimum absolute atomic E-state index is 0.0190. The summed E-state index contributed by atoms with van der Waals surface area (Å²) >= 11 is 0. The number of pyridine rings is 1. The van der Waals surface area contributed by atoms with Crippen molar-refractivity contribution in [2.24, 2.45) is 0 Å². The summed E-state index contributed by atoms with van der Waals surface area (Å²) in [5, 5.41) is 5.49. The number of alkyl halides is 3. The van der Waals surface area contributed by atoms with Crippen LogP contribution in [-0.4, -0.2) is 17.4 Å². The number of carbonyl (C=O) groups excluding carboxylic acids is 1. The Morgan fingerprint density at radius 2 is 2.30 bits per heavy atom. The lowest BCUT2D eigenvalue weighted by molar-refractivity contribution is -0.138. The summed E-state index contributed by atoms with van der Waals surface area (Å²) in [7, 11) is 0. The van der Waals surface area contributed by atoms with Gasteiger partial charge in [0.1, 0.15) is 0 Å². The number of halogens is 3. The highest BCUT2D eigenvalue weighted by molar-refractivity contribution is 5.72. The van der Waals surface area contributed by atoms with E-state index in [1.807, 2.05) is 0 Å². The van der Waals surface area contributed by atoms with Crippen LogP contribution in [-0.2, 0) is 17.5 Å². The van der Waals surface area contributed by atoms with Gasteiger partial charge < -0.3 is 10.6 Å². The molecule has 1 saturated heterocycles. The zero-order chi connectivity index (χ0) is 14.8. The summed E-state index contributed by atoms with van der Waals surface area (Å²) in [6.45, 7) is 1.88. The molecule has 0 aromatic carbocycles. The number of nitrogens with one attached hydrogen (secondary N) is 2. The highest BCUT2D eigenvalue weighted by Gasteiger charge is 2.34. The van der Waals surface area contributed by atoms with Gasteiger partial charge in [0.25, 0.3) is 0 Å². The Hall–Kier alpha value is -1.63. The van der Waals surface area contributed by atoms with Crippen LogP contribution < -0.4 is 10.6 Å². The molecule has 1 amide bonds. The SMILES string of the molecule is CC(=O)NCc1cnc([C@@H]2CCCN2)cc1C(F)(F)F. The van der Waals surface area contributed by atoms with E-state index in [1.54, 1.807) is 0 Å². The van der Waals surface area contributed by atoms with Crippen LogP contribution in [0.2, 0.25) is 0 Å². The first-order valence-corrected chi connectivity index (χ1v) is 6.42. The topological polar surface area (TPSA) is 54.0 Å². The highest BCUT2D eigenvalue weighted by Crippen LogP contribution is 2.34. The molecular weight excluding hydrogens is 271 g/mol. The number of rotatable bonds is 3. The van der Waals surface area contributed by atoms with E-state index < -0.39 is 11.7 Å². The summed E-state index contributed by atoms with van der Waals surface area (Å²) < 4.78 is 39.2. The standard InChI is InChI=1S/C13H16F3N3O/c1-8(20)18-6-9-7-19-12(11-3-2-4-17-11)5-10(9)13(14,15)16/h5,7,11,17H,2-4,6H2,1H3,(H,18,20)/t11-/m0/s1. The Labute approximate surface area is 114 Å². The molecular formula is C13H16F3N3O. The monoisotopic (exact) mass is 287 g/mol. The molecule has 0 unspecified atom stereocenters. The fourth-order valence-corrected chi connectivity index (χ4v) is 2.25. The maximum Gasteiger partial charge on any atom is 0.416 e. The summed E-state index contributed by atoms with van der Waals surface area (Å²) in [5.74, 6) is -0.375. The third kappa shape index (κ3) is 3.47. The second-order valence-electron chi connectivity index (χ2n) is 4.82. The maximum atomic E-state index is 13.1. The molecule has 1 fully saturated rings. The molecule has 0 saturated carbocycles. The summed E-state index contributed by atoms with van der Waals surface area (Å²) in [6, 6.07) is 0.964. The van der Waals surface area contributed by atoms with E-state index in [-0.39, 0.29) is 24.1 Å². The van der Waals surface area contributed by atoms with Gasteiger partial charge in [-0.3, -0.25) is 9.78 Å². The van der Waals surface area contributed by atoms with Crippen molar-refractivity contribution in [3.05, 3.63) is 29.1 Å². The van der Waals surface area contributed by atoms with Crippen molar-refractivity contribution in [3.8, 4) is 0 Å². The Morgan fingerprint density at radius 3 is 2.85 bits per heavy atom. The lowest BCUT2D eigenvalue weighted by Gasteiger charge is -2.16. The fraction of sp³-hybridized carbons (Fsp3) is 0.538. The van der Waals surface area contributed by atoms with Crippen molar-refractivity contribution in [1.29, 1.82) is 0 Å².